The van der Waals surface area contributed by atoms with E-state index in [-0.39, 0.29) is 0 Å². The SMILES string of the molecule is COc1cc2nc3c(c(NC4CCNCC4C)c2cc1OC)CCC3. The first-order valence-electron chi connectivity index (χ1n) is 9.26. The molecule has 1 saturated heterocycles. The number of fused-ring (bicyclic) bond motifs is 2. The van der Waals surface area contributed by atoms with Crippen LogP contribution in [0.5, 0.6) is 11.5 Å². The van der Waals surface area contributed by atoms with Crippen LogP contribution in [0.2, 0.25) is 0 Å². The number of hydrogen-bond donors (Lipinski definition) is 2. The number of benzene rings is 1. The minimum atomic E-state index is 0.490. The van der Waals surface area contributed by atoms with Gasteiger partial charge in [0.1, 0.15) is 0 Å². The molecule has 0 amide bonds. The van der Waals surface area contributed by atoms with Crippen molar-refractivity contribution in [3.8, 4) is 11.5 Å². The lowest BCUT2D eigenvalue weighted by molar-refractivity contribution is 0.355. The minimum absolute atomic E-state index is 0.490. The number of piperidine rings is 1. The second-order valence-electron chi connectivity index (χ2n) is 7.21. The summed E-state index contributed by atoms with van der Waals surface area (Å²) < 4.78 is 11.0. The third-order valence-corrected chi connectivity index (χ3v) is 5.63. The Balaban J connectivity index is 1.85. The van der Waals surface area contributed by atoms with E-state index in [1.807, 2.05) is 6.07 Å². The topological polar surface area (TPSA) is 55.4 Å². The quantitative estimate of drug-likeness (QED) is 0.895. The van der Waals surface area contributed by atoms with Crippen LogP contribution in [-0.2, 0) is 12.8 Å². The monoisotopic (exact) mass is 341 g/mol. The van der Waals surface area contributed by atoms with Gasteiger partial charge in [-0.15, -0.1) is 0 Å². The van der Waals surface area contributed by atoms with Crippen molar-refractivity contribution in [1.29, 1.82) is 0 Å². The van der Waals surface area contributed by atoms with Gasteiger partial charge in [0.15, 0.2) is 11.5 Å². The molecule has 1 aromatic heterocycles. The van der Waals surface area contributed by atoms with Crippen LogP contribution in [0, 0.1) is 5.92 Å². The van der Waals surface area contributed by atoms with E-state index in [1.165, 1.54) is 23.4 Å². The molecule has 2 aromatic rings. The second-order valence-corrected chi connectivity index (χ2v) is 7.21. The van der Waals surface area contributed by atoms with Crippen molar-refractivity contribution >= 4 is 16.6 Å². The van der Waals surface area contributed by atoms with E-state index < -0.39 is 0 Å². The first-order chi connectivity index (χ1) is 12.2. The van der Waals surface area contributed by atoms with Crippen LogP contribution in [0.3, 0.4) is 0 Å². The summed E-state index contributed by atoms with van der Waals surface area (Å²) in [5, 5.41) is 8.51. The molecular formula is C20H27N3O2. The van der Waals surface area contributed by atoms with E-state index in [4.69, 9.17) is 14.5 Å². The zero-order chi connectivity index (χ0) is 17.4. The molecule has 2 unspecified atom stereocenters. The molecule has 2 aliphatic rings. The lowest BCUT2D eigenvalue weighted by Crippen LogP contribution is -2.42. The van der Waals surface area contributed by atoms with Gasteiger partial charge in [0.2, 0.25) is 0 Å². The molecule has 0 spiro atoms. The van der Waals surface area contributed by atoms with Gasteiger partial charge in [0.25, 0.3) is 0 Å². The molecule has 4 rings (SSSR count). The molecule has 5 heteroatoms. The third-order valence-electron chi connectivity index (χ3n) is 5.63. The smallest absolute Gasteiger partial charge is 0.162 e. The van der Waals surface area contributed by atoms with Crippen LogP contribution in [-0.4, -0.2) is 38.3 Å². The molecule has 2 N–H and O–H groups in total. The van der Waals surface area contributed by atoms with Crippen molar-refractivity contribution in [2.75, 3.05) is 32.6 Å². The highest BCUT2D eigenvalue weighted by atomic mass is 16.5. The lowest BCUT2D eigenvalue weighted by atomic mass is 9.94. The molecule has 0 bridgehead atoms. The summed E-state index contributed by atoms with van der Waals surface area (Å²) in [7, 11) is 3.36. The summed E-state index contributed by atoms with van der Waals surface area (Å²) in [6, 6.07) is 4.57. The largest absolute Gasteiger partial charge is 0.493 e. The Morgan fingerprint density at radius 2 is 1.96 bits per heavy atom. The van der Waals surface area contributed by atoms with Crippen LogP contribution >= 0.6 is 0 Å². The van der Waals surface area contributed by atoms with Crippen molar-refractivity contribution in [2.24, 2.45) is 5.92 Å². The van der Waals surface area contributed by atoms with E-state index >= 15 is 0 Å². The zero-order valence-corrected chi connectivity index (χ0v) is 15.3. The molecule has 134 valence electrons. The van der Waals surface area contributed by atoms with E-state index in [9.17, 15) is 0 Å². The van der Waals surface area contributed by atoms with Crippen LogP contribution in [0.25, 0.3) is 10.9 Å². The van der Waals surface area contributed by atoms with Crippen molar-refractivity contribution in [2.45, 2.75) is 38.6 Å². The van der Waals surface area contributed by atoms with Crippen LogP contribution in [0.1, 0.15) is 31.0 Å². The molecular weight excluding hydrogens is 314 g/mol. The summed E-state index contributed by atoms with van der Waals surface area (Å²) in [6.07, 6.45) is 4.50. The first kappa shape index (κ1) is 16.5. The number of ether oxygens (including phenoxy) is 2. The number of rotatable bonds is 4. The lowest BCUT2D eigenvalue weighted by Gasteiger charge is -2.32. The van der Waals surface area contributed by atoms with E-state index in [1.54, 1.807) is 14.2 Å². The van der Waals surface area contributed by atoms with Crippen molar-refractivity contribution in [3.63, 3.8) is 0 Å². The number of aromatic nitrogens is 1. The molecule has 2 atom stereocenters. The maximum Gasteiger partial charge on any atom is 0.162 e. The zero-order valence-electron chi connectivity index (χ0n) is 15.3. The fourth-order valence-electron chi connectivity index (χ4n) is 4.17. The summed E-state index contributed by atoms with van der Waals surface area (Å²) >= 11 is 0. The van der Waals surface area contributed by atoms with Crippen LogP contribution in [0.15, 0.2) is 12.1 Å². The van der Waals surface area contributed by atoms with Gasteiger partial charge in [-0.05, 0) is 56.3 Å². The van der Waals surface area contributed by atoms with E-state index in [0.29, 0.717) is 12.0 Å². The maximum absolute atomic E-state index is 5.54. The van der Waals surface area contributed by atoms with Crippen LogP contribution < -0.4 is 20.1 Å². The van der Waals surface area contributed by atoms with Crippen molar-refractivity contribution < 1.29 is 9.47 Å². The Morgan fingerprint density at radius 1 is 1.16 bits per heavy atom. The standard InChI is InChI=1S/C20H27N3O2/c1-12-11-21-8-7-15(12)23-20-13-5-4-6-16(13)22-17-10-19(25-3)18(24-2)9-14(17)20/h9-10,12,15,21H,4-8,11H2,1-3H3,(H,22,23). The van der Waals surface area contributed by atoms with Crippen molar-refractivity contribution in [3.05, 3.63) is 23.4 Å². The minimum Gasteiger partial charge on any atom is -0.493 e. The maximum atomic E-state index is 5.54. The molecule has 0 saturated carbocycles. The Morgan fingerprint density at radius 3 is 2.72 bits per heavy atom. The highest BCUT2D eigenvalue weighted by Crippen LogP contribution is 2.40. The molecule has 1 fully saturated rings. The number of nitrogens with zero attached hydrogens (tertiary/aromatic N) is 1. The normalized spacial score (nSPS) is 22.7. The third kappa shape index (κ3) is 2.91. The first-order valence-corrected chi connectivity index (χ1v) is 9.26. The number of anilines is 1. The Bertz CT molecular complexity index is 790. The van der Waals surface area contributed by atoms with Gasteiger partial charge in [-0.25, -0.2) is 0 Å². The number of aryl methyl sites for hydroxylation is 1. The van der Waals surface area contributed by atoms with Gasteiger partial charge in [-0.3, -0.25) is 4.98 Å². The Kier molecular flexibility index (Phi) is 4.42. The van der Waals surface area contributed by atoms with Gasteiger partial charge in [0.05, 0.1) is 19.7 Å². The van der Waals surface area contributed by atoms with Gasteiger partial charge in [-0.1, -0.05) is 6.92 Å². The average molecular weight is 341 g/mol. The van der Waals surface area contributed by atoms with Crippen LogP contribution in [0.4, 0.5) is 5.69 Å². The number of pyridine rings is 1. The predicted molar refractivity (Wildman–Crippen MR) is 101 cm³/mol. The number of hydrogen-bond acceptors (Lipinski definition) is 5. The highest BCUT2D eigenvalue weighted by Gasteiger charge is 2.26. The van der Waals surface area contributed by atoms with Gasteiger partial charge in [-0.2, -0.15) is 0 Å². The second kappa shape index (κ2) is 6.71. The molecule has 0 radical (unpaired) electrons. The summed E-state index contributed by atoms with van der Waals surface area (Å²) in [6.45, 7) is 4.46. The molecule has 1 aliphatic heterocycles. The van der Waals surface area contributed by atoms with E-state index in [2.05, 4.69) is 23.6 Å². The Hall–Kier alpha value is -2.01. The average Bonchev–Trinajstić information content (AvgIpc) is 3.10. The summed E-state index contributed by atoms with van der Waals surface area (Å²) in [5.41, 5.74) is 4.88. The molecule has 1 aromatic carbocycles. The summed E-state index contributed by atoms with van der Waals surface area (Å²) in [4.78, 5) is 4.92. The molecule has 25 heavy (non-hydrogen) atoms. The molecule has 5 nitrogen and oxygen atoms in total. The highest BCUT2D eigenvalue weighted by molar-refractivity contribution is 5.96. The van der Waals surface area contributed by atoms with Gasteiger partial charge >= 0.3 is 0 Å². The Labute approximate surface area is 149 Å². The fourth-order valence-corrected chi connectivity index (χ4v) is 4.17. The fraction of sp³-hybridized carbons (Fsp3) is 0.550. The number of nitrogens with one attached hydrogen (secondary N) is 2. The number of methoxy groups -OCH3 is 2. The van der Waals surface area contributed by atoms with Crippen molar-refractivity contribution in [1.82, 2.24) is 10.3 Å². The summed E-state index contributed by atoms with van der Waals surface area (Å²) in [5.74, 6) is 2.10. The van der Waals surface area contributed by atoms with E-state index in [0.717, 1.165) is 54.8 Å². The molecule has 1 aliphatic carbocycles. The van der Waals surface area contributed by atoms with Gasteiger partial charge < -0.3 is 20.1 Å². The predicted octanol–water partition coefficient (Wildman–Crippen LogP) is 3.15. The van der Waals surface area contributed by atoms with Gasteiger partial charge in [0, 0.05) is 28.9 Å². The molecule has 2 heterocycles.